The Labute approximate surface area is 64.1 Å². The van der Waals surface area contributed by atoms with E-state index in [-0.39, 0.29) is 5.75 Å². The number of pyridine rings is 1. The summed E-state index contributed by atoms with van der Waals surface area (Å²) in [6.07, 6.45) is 2.91. The summed E-state index contributed by atoms with van der Waals surface area (Å²) in [5.74, 6) is 0.0910. The highest BCUT2D eigenvalue weighted by Gasteiger charge is 1.95. The monoisotopic (exact) mass is 152 g/mol. The zero-order valence-electron chi connectivity index (χ0n) is 6.06. The molecule has 1 heterocycles. The van der Waals surface area contributed by atoms with E-state index in [4.69, 9.17) is 5.11 Å². The molecule has 4 nitrogen and oxygen atoms in total. The second-order valence-electron chi connectivity index (χ2n) is 1.82. The van der Waals surface area contributed by atoms with Crippen molar-refractivity contribution < 1.29 is 9.94 Å². The highest BCUT2D eigenvalue weighted by atomic mass is 16.6. The minimum atomic E-state index is 0.0910. The molecule has 0 aliphatic heterocycles. The van der Waals surface area contributed by atoms with Gasteiger partial charge >= 0.3 is 0 Å². The van der Waals surface area contributed by atoms with Gasteiger partial charge in [0.05, 0.1) is 6.21 Å². The third kappa shape index (κ3) is 1.93. The van der Waals surface area contributed by atoms with Crippen molar-refractivity contribution in [2.45, 2.75) is 0 Å². The van der Waals surface area contributed by atoms with Crippen LogP contribution in [0.3, 0.4) is 0 Å². The van der Waals surface area contributed by atoms with Gasteiger partial charge in [0.25, 0.3) is 0 Å². The fraction of sp³-hybridized carbons (Fsp3) is 0.143. The molecule has 0 amide bonds. The van der Waals surface area contributed by atoms with Crippen molar-refractivity contribution in [3.05, 3.63) is 24.0 Å². The van der Waals surface area contributed by atoms with Gasteiger partial charge in [0, 0.05) is 6.20 Å². The summed E-state index contributed by atoms with van der Waals surface area (Å²) in [6, 6.07) is 3.17. The second kappa shape index (κ2) is 3.55. The average Bonchev–Trinajstić information content (AvgIpc) is 2.03. The fourth-order valence-corrected chi connectivity index (χ4v) is 0.611. The molecule has 4 heteroatoms. The summed E-state index contributed by atoms with van der Waals surface area (Å²) in [7, 11) is 1.43. The smallest absolute Gasteiger partial charge is 0.142 e. The maximum atomic E-state index is 9.13. The van der Waals surface area contributed by atoms with Crippen LogP contribution in [0.1, 0.15) is 5.69 Å². The van der Waals surface area contributed by atoms with Gasteiger partial charge in [0.2, 0.25) is 0 Å². The van der Waals surface area contributed by atoms with Crippen LogP contribution in [0.4, 0.5) is 0 Å². The minimum absolute atomic E-state index is 0.0910. The molecule has 0 aliphatic carbocycles. The van der Waals surface area contributed by atoms with Gasteiger partial charge in [-0.25, -0.2) is 0 Å². The molecule has 0 radical (unpaired) electrons. The van der Waals surface area contributed by atoms with Crippen molar-refractivity contribution in [3.63, 3.8) is 0 Å². The molecular formula is C7H8N2O2. The average molecular weight is 152 g/mol. The molecule has 0 saturated heterocycles. The van der Waals surface area contributed by atoms with Crippen LogP contribution in [0.5, 0.6) is 5.75 Å². The number of aromatic hydroxyl groups is 1. The molecule has 0 aromatic carbocycles. The summed E-state index contributed by atoms with van der Waals surface area (Å²) in [5, 5.41) is 12.6. The van der Waals surface area contributed by atoms with E-state index in [1.165, 1.54) is 19.4 Å². The summed E-state index contributed by atoms with van der Waals surface area (Å²) in [6.45, 7) is 0. The predicted molar refractivity (Wildman–Crippen MR) is 40.5 cm³/mol. The molecule has 0 atom stereocenters. The fourth-order valence-electron chi connectivity index (χ4n) is 0.611. The van der Waals surface area contributed by atoms with Gasteiger partial charge in [-0.15, -0.1) is 0 Å². The van der Waals surface area contributed by atoms with E-state index in [0.717, 1.165) is 0 Å². The van der Waals surface area contributed by atoms with E-state index in [1.807, 2.05) is 0 Å². The maximum Gasteiger partial charge on any atom is 0.142 e. The molecule has 0 aliphatic rings. The molecule has 0 bridgehead atoms. The van der Waals surface area contributed by atoms with E-state index in [0.29, 0.717) is 5.69 Å². The van der Waals surface area contributed by atoms with Crippen LogP contribution >= 0.6 is 0 Å². The largest absolute Gasteiger partial charge is 0.506 e. The van der Waals surface area contributed by atoms with Gasteiger partial charge in [-0.3, -0.25) is 4.98 Å². The number of nitrogens with zero attached hydrogens (tertiary/aromatic N) is 2. The summed E-state index contributed by atoms with van der Waals surface area (Å²) >= 11 is 0. The predicted octanol–water partition coefficient (Wildman–Crippen LogP) is 0.767. The SMILES string of the molecule is CON=Cc1ncccc1O. The zero-order valence-corrected chi connectivity index (χ0v) is 6.06. The van der Waals surface area contributed by atoms with Gasteiger partial charge in [-0.1, -0.05) is 5.16 Å². The van der Waals surface area contributed by atoms with Gasteiger partial charge in [0.1, 0.15) is 18.6 Å². The Hall–Kier alpha value is -1.58. The highest BCUT2D eigenvalue weighted by Crippen LogP contribution is 2.09. The van der Waals surface area contributed by atoms with Crippen molar-refractivity contribution in [2.75, 3.05) is 7.11 Å². The van der Waals surface area contributed by atoms with Crippen LogP contribution in [0.25, 0.3) is 0 Å². The third-order valence-corrected chi connectivity index (χ3v) is 1.10. The molecule has 1 aromatic rings. The van der Waals surface area contributed by atoms with Crippen LogP contribution < -0.4 is 0 Å². The zero-order chi connectivity index (χ0) is 8.10. The van der Waals surface area contributed by atoms with E-state index in [9.17, 15) is 0 Å². The van der Waals surface area contributed by atoms with Gasteiger partial charge in [0.15, 0.2) is 0 Å². The Morgan fingerprint density at radius 2 is 2.55 bits per heavy atom. The van der Waals surface area contributed by atoms with Crippen LogP contribution in [0.2, 0.25) is 0 Å². The molecule has 0 unspecified atom stereocenters. The lowest BCUT2D eigenvalue weighted by Gasteiger charge is -1.93. The lowest BCUT2D eigenvalue weighted by atomic mass is 10.3. The van der Waals surface area contributed by atoms with E-state index >= 15 is 0 Å². The Bertz CT molecular complexity index is 260. The van der Waals surface area contributed by atoms with Crippen LogP contribution in [-0.2, 0) is 4.84 Å². The van der Waals surface area contributed by atoms with Crippen molar-refractivity contribution >= 4 is 6.21 Å². The molecule has 1 N–H and O–H groups in total. The topological polar surface area (TPSA) is 54.7 Å². The molecule has 0 fully saturated rings. The molecule has 11 heavy (non-hydrogen) atoms. The first kappa shape index (κ1) is 7.53. The Morgan fingerprint density at radius 1 is 1.73 bits per heavy atom. The van der Waals surface area contributed by atoms with E-state index < -0.39 is 0 Å². The van der Waals surface area contributed by atoms with Gasteiger partial charge in [-0.05, 0) is 12.1 Å². The molecule has 58 valence electrons. The van der Waals surface area contributed by atoms with Crippen molar-refractivity contribution in [1.82, 2.24) is 4.98 Å². The quantitative estimate of drug-likeness (QED) is 0.503. The normalized spacial score (nSPS) is 10.3. The lowest BCUT2D eigenvalue weighted by Crippen LogP contribution is -1.86. The Balaban J connectivity index is 2.86. The molecule has 1 aromatic heterocycles. The third-order valence-electron chi connectivity index (χ3n) is 1.10. The summed E-state index contributed by atoms with van der Waals surface area (Å²) in [4.78, 5) is 8.26. The van der Waals surface area contributed by atoms with Crippen molar-refractivity contribution in [1.29, 1.82) is 0 Å². The van der Waals surface area contributed by atoms with Crippen LogP contribution in [0.15, 0.2) is 23.5 Å². The van der Waals surface area contributed by atoms with Crippen LogP contribution in [-0.4, -0.2) is 23.4 Å². The lowest BCUT2D eigenvalue weighted by molar-refractivity contribution is 0.215. The maximum absolute atomic E-state index is 9.13. The van der Waals surface area contributed by atoms with E-state index in [2.05, 4.69) is 15.0 Å². The highest BCUT2D eigenvalue weighted by molar-refractivity contribution is 5.79. The molecule has 0 spiro atoms. The summed E-state index contributed by atoms with van der Waals surface area (Å²) < 4.78 is 0. The number of oxime groups is 1. The van der Waals surface area contributed by atoms with Gasteiger partial charge in [-0.2, -0.15) is 0 Å². The molecular weight excluding hydrogens is 144 g/mol. The first-order chi connectivity index (χ1) is 5.34. The first-order valence-corrected chi connectivity index (χ1v) is 3.05. The van der Waals surface area contributed by atoms with E-state index in [1.54, 1.807) is 12.3 Å². The Morgan fingerprint density at radius 3 is 3.18 bits per heavy atom. The molecule has 1 rings (SSSR count). The van der Waals surface area contributed by atoms with Crippen molar-refractivity contribution in [2.24, 2.45) is 5.16 Å². The number of rotatable bonds is 2. The standard InChI is InChI=1S/C7H8N2O2/c1-11-9-5-6-7(10)3-2-4-8-6/h2-5,10H,1H3. The van der Waals surface area contributed by atoms with Gasteiger partial charge < -0.3 is 9.94 Å². The summed E-state index contributed by atoms with van der Waals surface area (Å²) in [5.41, 5.74) is 0.398. The number of hydrogen-bond acceptors (Lipinski definition) is 4. The first-order valence-electron chi connectivity index (χ1n) is 3.05. The number of hydrogen-bond donors (Lipinski definition) is 1. The Kier molecular flexibility index (Phi) is 2.43. The number of aromatic nitrogens is 1. The minimum Gasteiger partial charge on any atom is -0.506 e. The van der Waals surface area contributed by atoms with Crippen LogP contribution in [0, 0.1) is 0 Å². The van der Waals surface area contributed by atoms with Crippen molar-refractivity contribution in [3.8, 4) is 5.75 Å². The second-order valence-corrected chi connectivity index (χ2v) is 1.82. The molecule has 0 saturated carbocycles.